The number of aromatic nitrogens is 5. The van der Waals surface area contributed by atoms with Crippen LogP contribution in [0.1, 0.15) is 34.6 Å². The Bertz CT molecular complexity index is 1190. The van der Waals surface area contributed by atoms with Gasteiger partial charge in [-0.3, -0.25) is 4.79 Å². The lowest BCUT2D eigenvalue weighted by Gasteiger charge is -2.11. The van der Waals surface area contributed by atoms with E-state index in [1.807, 2.05) is 62.4 Å². The Morgan fingerprint density at radius 3 is 2.74 bits per heavy atom. The van der Waals surface area contributed by atoms with Crippen molar-refractivity contribution in [2.24, 2.45) is 0 Å². The predicted octanol–water partition coefficient (Wildman–Crippen LogP) is 3.81. The van der Waals surface area contributed by atoms with E-state index in [0.29, 0.717) is 36.1 Å². The molecule has 0 saturated heterocycles. The SMILES string of the molecule is CCOc1ccc(C)nc1-c1ccnc(NC(=O)c2nnc(Cc3ccccc3)[nH]2)c1. The van der Waals surface area contributed by atoms with Gasteiger partial charge >= 0.3 is 0 Å². The molecular weight excluding hydrogens is 392 g/mol. The topological polar surface area (TPSA) is 106 Å². The van der Waals surface area contributed by atoms with Crippen molar-refractivity contribution in [3.8, 4) is 17.0 Å². The fourth-order valence-electron chi connectivity index (χ4n) is 3.11. The van der Waals surface area contributed by atoms with E-state index < -0.39 is 5.91 Å². The van der Waals surface area contributed by atoms with E-state index in [4.69, 9.17) is 4.74 Å². The van der Waals surface area contributed by atoms with Crippen LogP contribution in [0.15, 0.2) is 60.8 Å². The third-order valence-corrected chi connectivity index (χ3v) is 4.54. The fourth-order valence-corrected chi connectivity index (χ4v) is 3.11. The Hall–Kier alpha value is -4.07. The van der Waals surface area contributed by atoms with Crippen molar-refractivity contribution in [2.75, 3.05) is 11.9 Å². The first kappa shape index (κ1) is 20.2. The summed E-state index contributed by atoms with van der Waals surface area (Å²) < 4.78 is 5.69. The van der Waals surface area contributed by atoms with Crippen molar-refractivity contribution in [1.29, 1.82) is 0 Å². The number of aryl methyl sites for hydroxylation is 1. The molecule has 2 N–H and O–H groups in total. The number of carbonyl (C=O) groups is 1. The van der Waals surface area contributed by atoms with Crippen LogP contribution in [0.3, 0.4) is 0 Å². The Balaban J connectivity index is 1.51. The highest BCUT2D eigenvalue weighted by molar-refractivity contribution is 6.01. The van der Waals surface area contributed by atoms with Gasteiger partial charge in [-0.15, -0.1) is 10.2 Å². The number of aromatic amines is 1. The van der Waals surface area contributed by atoms with E-state index in [1.54, 1.807) is 12.3 Å². The third kappa shape index (κ3) is 4.92. The second kappa shape index (κ2) is 9.17. The van der Waals surface area contributed by atoms with E-state index in [1.165, 1.54) is 0 Å². The number of nitrogens with one attached hydrogen (secondary N) is 2. The number of ether oxygens (including phenoxy) is 1. The lowest BCUT2D eigenvalue weighted by Crippen LogP contribution is -2.15. The van der Waals surface area contributed by atoms with E-state index in [2.05, 4.69) is 30.5 Å². The van der Waals surface area contributed by atoms with Crippen molar-refractivity contribution < 1.29 is 9.53 Å². The van der Waals surface area contributed by atoms with E-state index in [9.17, 15) is 4.79 Å². The van der Waals surface area contributed by atoms with Crippen LogP contribution in [0.2, 0.25) is 0 Å². The average Bonchev–Trinajstić information content (AvgIpc) is 3.25. The molecule has 0 radical (unpaired) electrons. The molecule has 8 heteroatoms. The number of nitrogens with zero attached hydrogens (tertiary/aromatic N) is 4. The quantitative estimate of drug-likeness (QED) is 0.476. The minimum absolute atomic E-state index is 0.127. The van der Waals surface area contributed by atoms with Crippen LogP contribution in [0.5, 0.6) is 5.75 Å². The minimum atomic E-state index is -0.418. The van der Waals surface area contributed by atoms with Crippen LogP contribution in [-0.2, 0) is 6.42 Å². The summed E-state index contributed by atoms with van der Waals surface area (Å²) in [5.41, 5.74) is 3.44. The molecule has 8 nitrogen and oxygen atoms in total. The molecule has 0 spiro atoms. The van der Waals surface area contributed by atoms with Gasteiger partial charge in [-0.2, -0.15) is 0 Å². The molecule has 0 aliphatic heterocycles. The van der Waals surface area contributed by atoms with Gasteiger partial charge in [-0.05, 0) is 43.7 Å². The van der Waals surface area contributed by atoms with Gasteiger partial charge in [-0.25, -0.2) is 9.97 Å². The lowest BCUT2D eigenvalue weighted by atomic mass is 10.1. The highest BCUT2D eigenvalue weighted by Gasteiger charge is 2.15. The number of benzene rings is 1. The number of amides is 1. The van der Waals surface area contributed by atoms with Crippen LogP contribution < -0.4 is 10.1 Å². The van der Waals surface area contributed by atoms with Crippen LogP contribution in [0.4, 0.5) is 5.82 Å². The molecule has 0 aliphatic carbocycles. The number of hydrogen-bond acceptors (Lipinski definition) is 6. The molecule has 0 fully saturated rings. The van der Waals surface area contributed by atoms with E-state index in [-0.39, 0.29) is 5.82 Å². The smallest absolute Gasteiger partial charge is 0.294 e. The Morgan fingerprint density at radius 1 is 1.10 bits per heavy atom. The third-order valence-electron chi connectivity index (χ3n) is 4.54. The number of rotatable bonds is 7. The monoisotopic (exact) mass is 414 g/mol. The molecule has 0 unspecified atom stereocenters. The second-order valence-electron chi connectivity index (χ2n) is 6.90. The van der Waals surface area contributed by atoms with Crippen molar-refractivity contribution >= 4 is 11.7 Å². The van der Waals surface area contributed by atoms with Gasteiger partial charge in [0.05, 0.1) is 6.61 Å². The van der Waals surface area contributed by atoms with E-state index >= 15 is 0 Å². The molecule has 3 aromatic heterocycles. The fraction of sp³-hybridized carbons (Fsp3) is 0.174. The van der Waals surface area contributed by atoms with Crippen molar-refractivity contribution in [3.63, 3.8) is 0 Å². The normalized spacial score (nSPS) is 10.6. The number of anilines is 1. The summed E-state index contributed by atoms with van der Waals surface area (Å²) in [7, 11) is 0. The van der Waals surface area contributed by atoms with Crippen LogP contribution in [0, 0.1) is 6.92 Å². The maximum Gasteiger partial charge on any atom is 0.294 e. The van der Waals surface area contributed by atoms with Crippen LogP contribution >= 0.6 is 0 Å². The molecule has 1 aromatic carbocycles. The van der Waals surface area contributed by atoms with Gasteiger partial charge in [0.25, 0.3) is 5.91 Å². The molecular formula is C23H22N6O2. The molecule has 0 aliphatic rings. The van der Waals surface area contributed by atoms with Gasteiger partial charge < -0.3 is 15.0 Å². The zero-order chi connectivity index (χ0) is 21.6. The second-order valence-corrected chi connectivity index (χ2v) is 6.90. The predicted molar refractivity (Wildman–Crippen MR) is 117 cm³/mol. The molecule has 0 atom stereocenters. The van der Waals surface area contributed by atoms with Gasteiger partial charge in [0, 0.05) is 23.9 Å². The number of H-pyrrole nitrogens is 1. The Morgan fingerprint density at radius 2 is 1.94 bits per heavy atom. The minimum Gasteiger partial charge on any atom is -0.492 e. The summed E-state index contributed by atoms with van der Waals surface area (Å²) in [6.45, 7) is 4.37. The molecule has 4 rings (SSSR count). The number of hydrogen-bond donors (Lipinski definition) is 2. The Kier molecular flexibility index (Phi) is 5.98. The summed E-state index contributed by atoms with van der Waals surface area (Å²) >= 11 is 0. The summed E-state index contributed by atoms with van der Waals surface area (Å²) in [6, 6.07) is 17.2. The molecule has 156 valence electrons. The van der Waals surface area contributed by atoms with Crippen molar-refractivity contribution in [2.45, 2.75) is 20.3 Å². The first-order chi connectivity index (χ1) is 15.1. The van der Waals surface area contributed by atoms with Crippen LogP contribution in [-0.4, -0.2) is 37.7 Å². The molecule has 4 aromatic rings. The summed E-state index contributed by atoms with van der Waals surface area (Å²) in [5, 5.41) is 10.8. The van der Waals surface area contributed by atoms with Gasteiger partial charge in [-0.1, -0.05) is 30.3 Å². The Labute approximate surface area is 179 Å². The maximum atomic E-state index is 12.6. The first-order valence-electron chi connectivity index (χ1n) is 9.96. The highest BCUT2D eigenvalue weighted by Crippen LogP contribution is 2.29. The highest BCUT2D eigenvalue weighted by atomic mass is 16.5. The van der Waals surface area contributed by atoms with Crippen molar-refractivity contribution in [1.82, 2.24) is 25.1 Å². The van der Waals surface area contributed by atoms with Gasteiger partial charge in [0.15, 0.2) is 0 Å². The van der Waals surface area contributed by atoms with Crippen LogP contribution in [0.25, 0.3) is 11.3 Å². The largest absolute Gasteiger partial charge is 0.492 e. The maximum absolute atomic E-state index is 12.6. The lowest BCUT2D eigenvalue weighted by molar-refractivity contribution is 0.101. The zero-order valence-electron chi connectivity index (χ0n) is 17.3. The summed E-state index contributed by atoms with van der Waals surface area (Å²) in [5.74, 6) is 1.38. The zero-order valence-corrected chi connectivity index (χ0v) is 17.3. The summed E-state index contributed by atoms with van der Waals surface area (Å²) in [6.07, 6.45) is 2.18. The molecule has 3 heterocycles. The van der Waals surface area contributed by atoms with Gasteiger partial charge in [0.1, 0.15) is 23.1 Å². The van der Waals surface area contributed by atoms with Crippen molar-refractivity contribution in [3.05, 3.63) is 83.7 Å². The molecule has 1 amide bonds. The first-order valence-corrected chi connectivity index (χ1v) is 9.96. The molecule has 0 saturated carbocycles. The molecule has 0 bridgehead atoms. The number of pyridine rings is 2. The molecule has 31 heavy (non-hydrogen) atoms. The summed E-state index contributed by atoms with van der Waals surface area (Å²) in [4.78, 5) is 24.4. The number of carbonyl (C=O) groups excluding carboxylic acids is 1. The van der Waals surface area contributed by atoms with Gasteiger partial charge in [0.2, 0.25) is 5.82 Å². The standard InChI is InChI=1S/C23H22N6O2/c1-3-31-18-10-9-15(2)25-21(18)17-11-12-24-19(14-17)27-23(30)22-26-20(28-29-22)13-16-7-5-4-6-8-16/h4-12,14H,3,13H2,1-2H3,(H,24,27,30)(H,26,28,29). The average molecular weight is 414 g/mol. The van der Waals surface area contributed by atoms with E-state index in [0.717, 1.165) is 16.8 Å².